The summed E-state index contributed by atoms with van der Waals surface area (Å²) in [6.07, 6.45) is 0. The first-order chi connectivity index (χ1) is 22.9. The summed E-state index contributed by atoms with van der Waals surface area (Å²) in [6.45, 7) is 1.11. The maximum atomic E-state index is 12.3. The molecule has 0 saturated carbocycles. The van der Waals surface area contributed by atoms with E-state index in [1.54, 1.807) is 0 Å². The van der Waals surface area contributed by atoms with Gasteiger partial charge in [0, 0.05) is 35.5 Å². The molecule has 0 saturated heterocycles. The summed E-state index contributed by atoms with van der Waals surface area (Å²) in [5, 5.41) is 14.5. The number of phenolic OH excluding ortho intramolecular Hbond substituents is 1. The number of rotatable bonds is 10. The van der Waals surface area contributed by atoms with Gasteiger partial charge in [-0.15, -0.1) is 11.6 Å². The molecule has 17 nitrogen and oxygen atoms in total. The molecule has 8 N–H and O–H groups in total. The van der Waals surface area contributed by atoms with Crippen LogP contribution in [0.3, 0.4) is 0 Å². The Morgan fingerprint density at radius 1 is 0.760 bits per heavy atom. The molecule has 0 spiro atoms. The third-order valence-electron chi connectivity index (χ3n) is 6.43. The lowest BCUT2D eigenvalue weighted by Gasteiger charge is -2.11. The number of nitrogens with two attached hydrogens (primary N) is 1. The van der Waals surface area contributed by atoms with E-state index in [0.29, 0.717) is 5.56 Å². The summed E-state index contributed by atoms with van der Waals surface area (Å²) < 4.78 is 118. The molecule has 4 aromatic rings. The van der Waals surface area contributed by atoms with E-state index in [-0.39, 0.29) is 50.8 Å². The van der Waals surface area contributed by atoms with Gasteiger partial charge in [-0.3, -0.25) is 23.2 Å². The molecule has 0 radical (unpaired) electrons. The van der Waals surface area contributed by atoms with Crippen molar-refractivity contribution in [3.63, 3.8) is 0 Å². The van der Waals surface area contributed by atoms with E-state index in [9.17, 15) is 52.9 Å². The molecule has 0 heterocycles. The molecule has 0 aliphatic carbocycles. The summed E-state index contributed by atoms with van der Waals surface area (Å²) in [7, 11) is -17.1. The van der Waals surface area contributed by atoms with Crippen molar-refractivity contribution in [1.29, 1.82) is 0 Å². The highest BCUT2D eigenvalue weighted by atomic mass is 35.5. The molecule has 0 unspecified atom stereocenters. The number of carbonyl (C=O) groups is 2. The van der Waals surface area contributed by atoms with Crippen LogP contribution in [0.1, 0.15) is 22.8 Å². The average Bonchev–Trinajstić information content (AvgIpc) is 2.95. The van der Waals surface area contributed by atoms with E-state index in [1.807, 2.05) is 0 Å². The van der Waals surface area contributed by atoms with E-state index >= 15 is 0 Å². The molecule has 0 fully saturated rings. The van der Waals surface area contributed by atoms with E-state index < -0.39 is 72.4 Å². The fourth-order valence-electron chi connectivity index (χ4n) is 4.25. The Hall–Kier alpha value is -4.35. The average molecular weight is 794 g/mol. The predicted molar refractivity (Wildman–Crippen MR) is 183 cm³/mol. The fourth-order valence-corrected chi connectivity index (χ4v) is 7.84. The first-order valence-electron chi connectivity index (χ1n) is 13.5. The Bertz CT molecular complexity index is 2420. The number of carbonyl (C=O) groups excluding carboxylic acids is 2. The second kappa shape index (κ2) is 15.3. The summed E-state index contributed by atoms with van der Waals surface area (Å²) in [6, 6.07) is 13.1. The van der Waals surface area contributed by atoms with Gasteiger partial charge in [0.1, 0.15) is 15.5 Å². The van der Waals surface area contributed by atoms with Gasteiger partial charge in [0.15, 0.2) is 9.84 Å². The molecule has 50 heavy (non-hydrogen) atoms. The molecule has 0 aromatic heterocycles. The van der Waals surface area contributed by atoms with Gasteiger partial charge >= 0.3 is 0 Å². The molecule has 22 heteroatoms. The number of benzene rings is 4. The van der Waals surface area contributed by atoms with Crippen molar-refractivity contribution in [2.75, 3.05) is 28.0 Å². The largest absolute Gasteiger partial charge is 0.507 e. The number of aromatic hydroxyl groups is 1. The zero-order valence-corrected chi connectivity index (χ0v) is 29.5. The van der Waals surface area contributed by atoms with Crippen molar-refractivity contribution in [2.24, 2.45) is 0 Å². The van der Waals surface area contributed by atoms with Crippen molar-refractivity contribution in [3.05, 3.63) is 77.9 Å². The number of alkyl halides is 1. The van der Waals surface area contributed by atoms with Crippen LogP contribution in [-0.2, 0) is 50.7 Å². The Labute approximate surface area is 291 Å². The number of sulfone groups is 1. The molecular weight excluding hydrogens is 766 g/mol. The molecular formula is C28H28ClN3O14S4. The summed E-state index contributed by atoms with van der Waals surface area (Å²) in [4.78, 5) is 21.6. The molecule has 0 aliphatic heterocycles. The SMILES string of the molecule is CC(=O)Nc1cc2c(O)cc(S(=O)(=O)O)cc2cc1S(=O)(=O)O.Nc1cc(NC(=O)c2ccc(CS(=O)(=O)CCCl)cc2)ccc1S(=O)(=O)O. The van der Waals surface area contributed by atoms with Gasteiger partial charge in [0.2, 0.25) is 5.91 Å². The van der Waals surface area contributed by atoms with E-state index in [2.05, 4.69) is 10.6 Å². The number of phenols is 1. The van der Waals surface area contributed by atoms with Crippen LogP contribution in [0, 0.1) is 0 Å². The summed E-state index contributed by atoms with van der Waals surface area (Å²) in [5.41, 5.74) is 6.10. The minimum Gasteiger partial charge on any atom is -0.507 e. The highest BCUT2D eigenvalue weighted by molar-refractivity contribution is 7.90. The zero-order valence-electron chi connectivity index (χ0n) is 25.4. The second-order valence-corrected chi connectivity index (χ2v) is 17.1. The molecule has 0 atom stereocenters. The Morgan fingerprint density at radius 3 is 1.86 bits per heavy atom. The monoisotopic (exact) mass is 793 g/mol. The first kappa shape index (κ1) is 40.1. The van der Waals surface area contributed by atoms with Crippen LogP contribution in [0.2, 0.25) is 0 Å². The smallest absolute Gasteiger partial charge is 0.296 e. The summed E-state index contributed by atoms with van der Waals surface area (Å²) in [5.74, 6) is -1.97. The lowest BCUT2D eigenvalue weighted by molar-refractivity contribution is -0.114. The Kier molecular flexibility index (Phi) is 12.2. The van der Waals surface area contributed by atoms with Crippen LogP contribution in [0.15, 0.2) is 81.4 Å². The number of fused-ring (bicyclic) bond motifs is 1. The molecule has 0 aliphatic rings. The molecule has 0 bridgehead atoms. The third-order valence-corrected chi connectivity index (χ3v) is 11.1. The van der Waals surface area contributed by atoms with Gasteiger partial charge in [0.25, 0.3) is 36.3 Å². The third kappa shape index (κ3) is 10.8. The Morgan fingerprint density at radius 2 is 1.36 bits per heavy atom. The van der Waals surface area contributed by atoms with Crippen molar-refractivity contribution in [2.45, 2.75) is 27.4 Å². The second-order valence-electron chi connectivity index (χ2n) is 10.3. The van der Waals surface area contributed by atoms with Gasteiger partial charge in [-0.2, -0.15) is 25.3 Å². The van der Waals surface area contributed by atoms with Crippen molar-refractivity contribution < 1.29 is 62.0 Å². The van der Waals surface area contributed by atoms with Gasteiger partial charge in [-0.1, -0.05) is 12.1 Å². The van der Waals surface area contributed by atoms with Crippen LogP contribution < -0.4 is 16.4 Å². The van der Waals surface area contributed by atoms with Crippen LogP contribution in [0.5, 0.6) is 5.75 Å². The highest BCUT2D eigenvalue weighted by Crippen LogP contribution is 2.35. The normalized spacial score (nSPS) is 12.1. The lowest BCUT2D eigenvalue weighted by atomic mass is 10.1. The zero-order chi connectivity index (χ0) is 37.8. The number of hydrogen-bond acceptors (Lipinski definition) is 12. The first-order valence-corrected chi connectivity index (χ1v) is 20.2. The maximum absolute atomic E-state index is 12.3. The number of anilines is 3. The quantitative estimate of drug-likeness (QED) is 0.0690. The van der Waals surface area contributed by atoms with Gasteiger partial charge in [0.05, 0.1) is 27.8 Å². The lowest BCUT2D eigenvalue weighted by Crippen LogP contribution is -2.13. The molecule has 270 valence electrons. The van der Waals surface area contributed by atoms with Crippen LogP contribution in [0.25, 0.3) is 10.8 Å². The minimum atomic E-state index is -4.74. The number of nitrogens with one attached hydrogen (secondary N) is 2. The van der Waals surface area contributed by atoms with E-state index in [4.69, 9.17) is 26.4 Å². The minimum absolute atomic E-state index is 0.00792. The number of amides is 2. The molecule has 4 aromatic carbocycles. The van der Waals surface area contributed by atoms with Crippen LogP contribution >= 0.6 is 11.6 Å². The Balaban J connectivity index is 0.000000274. The maximum Gasteiger partial charge on any atom is 0.296 e. The molecule has 2 amide bonds. The number of hydrogen-bond donors (Lipinski definition) is 7. The fraction of sp³-hybridized carbons (Fsp3) is 0.143. The van der Waals surface area contributed by atoms with Gasteiger partial charge < -0.3 is 21.5 Å². The molecule has 4 rings (SSSR count). The summed E-state index contributed by atoms with van der Waals surface area (Å²) >= 11 is 5.45. The number of halogens is 1. The van der Waals surface area contributed by atoms with Gasteiger partial charge in [-0.05, 0) is 59.5 Å². The van der Waals surface area contributed by atoms with Crippen molar-refractivity contribution in [3.8, 4) is 5.75 Å². The number of nitrogen functional groups attached to an aromatic ring is 1. The van der Waals surface area contributed by atoms with Crippen molar-refractivity contribution in [1.82, 2.24) is 0 Å². The highest BCUT2D eigenvalue weighted by Gasteiger charge is 2.21. The van der Waals surface area contributed by atoms with Gasteiger partial charge in [-0.25, -0.2) is 8.42 Å². The standard InChI is InChI=1S/C16H17ClN2O6S2.C12H11NO8S2/c17-7-8-26(21,22)10-11-1-3-12(4-2-11)16(20)19-13-5-6-15(14(18)9-13)27(23,24)25;1-6(14)13-10-5-9-7(3-12(10)23(19,20)21)2-8(4-11(9)15)22(16,17)18/h1-6,9H,7-8,10,18H2,(H,19,20)(H,23,24,25);2-5,15H,1H3,(H,13,14)(H,16,17,18)(H,19,20,21). The van der Waals surface area contributed by atoms with Crippen LogP contribution in [-0.4, -0.2) is 75.9 Å². The van der Waals surface area contributed by atoms with E-state index in [0.717, 1.165) is 37.3 Å². The topological polar surface area (TPSA) is 302 Å². The van der Waals surface area contributed by atoms with Crippen molar-refractivity contribution >= 4 is 91.4 Å². The van der Waals surface area contributed by atoms with E-state index in [1.165, 1.54) is 36.4 Å². The van der Waals surface area contributed by atoms with Crippen LogP contribution in [0.4, 0.5) is 17.1 Å². The predicted octanol–water partition coefficient (Wildman–Crippen LogP) is 2.92.